The molecule has 1 aliphatic heterocycles. The fraction of sp³-hybridized carbons (Fsp3) is 0.444. The minimum atomic E-state index is -1.22. The lowest BCUT2D eigenvalue weighted by Crippen LogP contribution is -2.56. The second kappa shape index (κ2) is 5.98. The maximum Gasteiger partial charge on any atom is 0.329 e. The van der Waals surface area contributed by atoms with Crippen molar-refractivity contribution in [3.8, 4) is 0 Å². The zero-order valence-electron chi connectivity index (χ0n) is 14.2. The van der Waals surface area contributed by atoms with Crippen LogP contribution in [0.2, 0.25) is 0 Å². The summed E-state index contributed by atoms with van der Waals surface area (Å²) in [6.45, 7) is 0. The Morgan fingerprint density at radius 1 is 1.08 bits per heavy atom. The van der Waals surface area contributed by atoms with E-state index in [0.717, 1.165) is 24.2 Å². The van der Waals surface area contributed by atoms with Crippen LogP contribution in [0.1, 0.15) is 63.2 Å². The van der Waals surface area contributed by atoms with Gasteiger partial charge in [-0.25, -0.2) is 4.79 Å². The molecule has 1 aromatic carbocycles. The number of carboxylic acid groups (broad SMARTS) is 1. The van der Waals surface area contributed by atoms with E-state index in [-0.39, 0.29) is 16.7 Å². The van der Waals surface area contributed by atoms with Crippen LogP contribution in [0.4, 0.5) is 0 Å². The van der Waals surface area contributed by atoms with Crippen molar-refractivity contribution >= 4 is 23.7 Å². The maximum absolute atomic E-state index is 12.9. The Kier molecular flexibility index (Phi) is 4.10. The third-order valence-corrected chi connectivity index (χ3v) is 5.36. The van der Waals surface area contributed by atoms with Crippen LogP contribution in [0.5, 0.6) is 0 Å². The SMILES string of the molecule is CN1C(=O)c2ccc(C(=O)N(C)C3(C(=O)O)CCCCC3)cc2C1=O. The number of likely N-dealkylation sites (N-methyl/N-ethyl adjacent to an activating group) is 1. The van der Waals surface area contributed by atoms with Crippen LogP contribution in [0.25, 0.3) is 0 Å². The van der Waals surface area contributed by atoms with Crippen LogP contribution in [0, 0.1) is 0 Å². The highest BCUT2D eigenvalue weighted by Gasteiger charge is 2.46. The lowest BCUT2D eigenvalue weighted by atomic mass is 9.80. The monoisotopic (exact) mass is 344 g/mol. The molecule has 2 aliphatic rings. The summed E-state index contributed by atoms with van der Waals surface area (Å²) in [7, 11) is 2.88. The van der Waals surface area contributed by atoms with Crippen LogP contribution in [-0.4, -0.2) is 58.2 Å². The van der Waals surface area contributed by atoms with Crippen molar-refractivity contribution in [2.24, 2.45) is 0 Å². The molecular weight excluding hydrogens is 324 g/mol. The third kappa shape index (κ3) is 2.50. The molecule has 132 valence electrons. The highest BCUT2D eigenvalue weighted by atomic mass is 16.4. The number of hydrogen-bond acceptors (Lipinski definition) is 4. The molecule has 7 heteroatoms. The van der Waals surface area contributed by atoms with Gasteiger partial charge in [-0.05, 0) is 31.0 Å². The van der Waals surface area contributed by atoms with Gasteiger partial charge in [-0.2, -0.15) is 0 Å². The largest absolute Gasteiger partial charge is 0.479 e. The van der Waals surface area contributed by atoms with Crippen molar-refractivity contribution in [2.45, 2.75) is 37.6 Å². The highest BCUT2D eigenvalue weighted by Crippen LogP contribution is 2.34. The second-order valence-corrected chi connectivity index (χ2v) is 6.69. The van der Waals surface area contributed by atoms with E-state index < -0.39 is 29.2 Å². The highest BCUT2D eigenvalue weighted by molar-refractivity contribution is 6.21. The zero-order chi connectivity index (χ0) is 18.4. The van der Waals surface area contributed by atoms with E-state index >= 15 is 0 Å². The number of hydrogen-bond donors (Lipinski definition) is 1. The summed E-state index contributed by atoms with van der Waals surface area (Å²) in [6, 6.07) is 4.31. The van der Waals surface area contributed by atoms with Gasteiger partial charge in [0.2, 0.25) is 0 Å². The van der Waals surface area contributed by atoms with Gasteiger partial charge in [0.05, 0.1) is 11.1 Å². The van der Waals surface area contributed by atoms with E-state index in [2.05, 4.69) is 0 Å². The molecule has 0 radical (unpaired) electrons. The van der Waals surface area contributed by atoms with Crippen LogP contribution in [0.15, 0.2) is 18.2 Å². The molecule has 1 heterocycles. The number of carbonyl (C=O) groups is 4. The smallest absolute Gasteiger partial charge is 0.329 e. The number of amides is 3. The van der Waals surface area contributed by atoms with Gasteiger partial charge in [0, 0.05) is 19.7 Å². The molecule has 0 aromatic heterocycles. The van der Waals surface area contributed by atoms with Gasteiger partial charge >= 0.3 is 5.97 Å². The van der Waals surface area contributed by atoms with E-state index in [1.165, 1.54) is 37.2 Å². The van der Waals surface area contributed by atoms with Gasteiger partial charge in [-0.1, -0.05) is 19.3 Å². The van der Waals surface area contributed by atoms with Crippen molar-refractivity contribution in [1.29, 1.82) is 0 Å². The molecule has 3 rings (SSSR count). The summed E-state index contributed by atoms with van der Waals surface area (Å²) in [5.41, 5.74) is -0.564. The normalized spacial score (nSPS) is 18.9. The molecule has 0 unspecified atom stereocenters. The Bertz CT molecular complexity index is 780. The molecule has 0 saturated heterocycles. The molecule has 3 amide bonds. The summed E-state index contributed by atoms with van der Waals surface area (Å²) in [6.07, 6.45) is 3.29. The first-order chi connectivity index (χ1) is 11.8. The van der Waals surface area contributed by atoms with E-state index in [9.17, 15) is 24.3 Å². The average molecular weight is 344 g/mol. The lowest BCUT2D eigenvalue weighted by Gasteiger charge is -2.41. The maximum atomic E-state index is 12.9. The molecule has 1 aliphatic carbocycles. The minimum Gasteiger partial charge on any atom is -0.479 e. The van der Waals surface area contributed by atoms with E-state index in [1.807, 2.05) is 0 Å². The first kappa shape index (κ1) is 17.1. The standard InChI is InChI=1S/C18H20N2O5/c1-19-15(22)12-7-6-11(10-13(12)16(19)23)14(21)20(2)18(17(24)25)8-4-3-5-9-18/h6-7,10H,3-5,8-9H2,1-2H3,(H,24,25). The lowest BCUT2D eigenvalue weighted by molar-refractivity contribution is -0.151. The van der Waals surface area contributed by atoms with Gasteiger partial charge in [0.25, 0.3) is 17.7 Å². The van der Waals surface area contributed by atoms with E-state index in [1.54, 1.807) is 0 Å². The van der Waals surface area contributed by atoms with Gasteiger partial charge in [0.15, 0.2) is 0 Å². The Labute approximate surface area is 145 Å². The van der Waals surface area contributed by atoms with Gasteiger partial charge in [0.1, 0.15) is 5.54 Å². The Morgan fingerprint density at radius 3 is 2.28 bits per heavy atom. The number of imide groups is 1. The molecule has 1 saturated carbocycles. The van der Waals surface area contributed by atoms with Crippen molar-refractivity contribution in [3.63, 3.8) is 0 Å². The third-order valence-electron chi connectivity index (χ3n) is 5.36. The van der Waals surface area contributed by atoms with Crippen molar-refractivity contribution in [2.75, 3.05) is 14.1 Å². The van der Waals surface area contributed by atoms with Crippen molar-refractivity contribution < 1.29 is 24.3 Å². The van der Waals surface area contributed by atoms with Crippen molar-refractivity contribution in [3.05, 3.63) is 34.9 Å². The topological polar surface area (TPSA) is 95.0 Å². The van der Waals surface area contributed by atoms with Gasteiger partial charge in [-0.3, -0.25) is 19.3 Å². The van der Waals surface area contributed by atoms with Gasteiger partial charge in [-0.15, -0.1) is 0 Å². The van der Waals surface area contributed by atoms with Crippen LogP contribution >= 0.6 is 0 Å². The predicted molar refractivity (Wildman–Crippen MR) is 88.4 cm³/mol. The Hall–Kier alpha value is -2.70. The fourth-order valence-electron chi connectivity index (χ4n) is 3.71. The van der Waals surface area contributed by atoms with Crippen LogP contribution in [0.3, 0.4) is 0 Å². The molecule has 7 nitrogen and oxygen atoms in total. The van der Waals surface area contributed by atoms with Crippen LogP contribution < -0.4 is 0 Å². The quantitative estimate of drug-likeness (QED) is 0.843. The first-order valence-corrected chi connectivity index (χ1v) is 8.27. The summed E-state index contributed by atoms with van der Waals surface area (Å²) < 4.78 is 0. The summed E-state index contributed by atoms with van der Waals surface area (Å²) in [5.74, 6) is -2.32. The van der Waals surface area contributed by atoms with E-state index in [4.69, 9.17) is 0 Å². The molecule has 1 N–H and O–H groups in total. The molecule has 0 atom stereocenters. The molecule has 1 fully saturated rings. The van der Waals surface area contributed by atoms with E-state index in [0.29, 0.717) is 12.8 Å². The summed E-state index contributed by atoms with van der Waals surface area (Å²) >= 11 is 0. The Morgan fingerprint density at radius 2 is 1.68 bits per heavy atom. The van der Waals surface area contributed by atoms with Crippen LogP contribution in [-0.2, 0) is 4.79 Å². The number of aliphatic carboxylic acids is 1. The molecule has 1 aromatic rings. The predicted octanol–water partition coefficient (Wildman–Crippen LogP) is 1.77. The number of carboxylic acids is 1. The summed E-state index contributed by atoms with van der Waals surface area (Å²) in [4.78, 5) is 51.1. The minimum absolute atomic E-state index is 0.180. The second-order valence-electron chi connectivity index (χ2n) is 6.69. The van der Waals surface area contributed by atoms with Crippen molar-refractivity contribution in [1.82, 2.24) is 9.80 Å². The molecule has 25 heavy (non-hydrogen) atoms. The Balaban J connectivity index is 1.95. The zero-order valence-corrected chi connectivity index (χ0v) is 14.2. The number of carbonyl (C=O) groups excluding carboxylic acids is 3. The number of rotatable bonds is 3. The number of benzene rings is 1. The molecule has 0 bridgehead atoms. The first-order valence-electron chi connectivity index (χ1n) is 8.27. The fourth-order valence-corrected chi connectivity index (χ4v) is 3.71. The molecule has 0 spiro atoms. The number of fused-ring (bicyclic) bond motifs is 1. The average Bonchev–Trinajstić information content (AvgIpc) is 2.85. The number of nitrogens with zero attached hydrogens (tertiary/aromatic N) is 2. The summed E-state index contributed by atoms with van der Waals surface area (Å²) in [5, 5.41) is 9.72. The van der Waals surface area contributed by atoms with Gasteiger partial charge < -0.3 is 10.0 Å². The molecular formula is C18H20N2O5.